The number of ether oxygens (including phenoxy) is 2. The SMILES string of the molecule is CC(=O)O[C@H]1C(=O)[C@@H](C)[C@]2(CC[C@H](O)[C@H]2CO)[C@H](OC(C)=O)[C@]2(O)CC(=O)C(C)=C1C2(C)C. The lowest BCUT2D eigenvalue weighted by Gasteiger charge is -2.60. The van der Waals surface area contributed by atoms with E-state index in [1.807, 2.05) is 0 Å². The number of ketones is 2. The van der Waals surface area contributed by atoms with Crippen LogP contribution < -0.4 is 0 Å². The molecule has 0 aromatic carbocycles. The summed E-state index contributed by atoms with van der Waals surface area (Å²) in [6, 6.07) is 0. The number of esters is 2. The summed E-state index contributed by atoms with van der Waals surface area (Å²) >= 11 is 0. The van der Waals surface area contributed by atoms with E-state index in [4.69, 9.17) is 9.47 Å². The van der Waals surface area contributed by atoms with E-state index >= 15 is 0 Å². The molecule has 3 N–H and O–H groups in total. The van der Waals surface area contributed by atoms with Crippen LogP contribution in [0.3, 0.4) is 0 Å². The topological polar surface area (TPSA) is 147 Å². The second-order valence-corrected chi connectivity index (χ2v) is 10.3. The van der Waals surface area contributed by atoms with Crippen molar-refractivity contribution in [2.45, 2.75) is 84.7 Å². The second kappa shape index (κ2) is 8.29. The Balaban J connectivity index is 2.43. The third-order valence-corrected chi connectivity index (χ3v) is 8.48. The minimum atomic E-state index is -1.99. The van der Waals surface area contributed by atoms with Crippen molar-refractivity contribution in [2.75, 3.05) is 6.61 Å². The first kappa shape index (κ1) is 25.5. The van der Waals surface area contributed by atoms with Crippen molar-refractivity contribution in [3.63, 3.8) is 0 Å². The highest BCUT2D eigenvalue weighted by molar-refractivity contribution is 6.01. The molecule has 0 aromatic heterocycles. The van der Waals surface area contributed by atoms with Gasteiger partial charge in [-0.3, -0.25) is 19.2 Å². The van der Waals surface area contributed by atoms with Gasteiger partial charge in [-0.2, -0.15) is 0 Å². The number of carbonyl (C=O) groups is 4. The van der Waals surface area contributed by atoms with Gasteiger partial charge in [0.25, 0.3) is 0 Å². The molecule has 2 saturated carbocycles. The van der Waals surface area contributed by atoms with Gasteiger partial charge < -0.3 is 24.8 Å². The third-order valence-electron chi connectivity index (χ3n) is 8.48. The van der Waals surface area contributed by atoms with Crippen molar-refractivity contribution in [3.8, 4) is 0 Å². The molecule has 33 heavy (non-hydrogen) atoms. The van der Waals surface area contributed by atoms with Gasteiger partial charge in [0, 0.05) is 49.5 Å². The largest absolute Gasteiger partial charge is 0.459 e. The molecule has 3 aliphatic carbocycles. The summed E-state index contributed by atoms with van der Waals surface area (Å²) in [6.07, 6.45) is -3.87. The number of allylic oxidation sites excluding steroid dienone is 1. The summed E-state index contributed by atoms with van der Waals surface area (Å²) in [5, 5.41) is 33.2. The van der Waals surface area contributed by atoms with Crippen LogP contribution in [0.1, 0.15) is 60.8 Å². The molecule has 0 aliphatic heterocycles. The highest BCUT2D eigenvalue weighted by atomic mass is 16.6. The second-order valence-electron chi connectivity index (χ2n) is 10.3. The van der Waals surface area contributed by atoms with Crippen LogP contribution in [-0.2, 0) is 28.7 Å². The molecule has 0 unspecified atom stereocenters. The van der Waals surface area contributed by atoms with Crippen LogP contribution in [0.25, 0.3) is 0 Å². The summed E-state index contributed by atoms with van der Waals surface area (Å²) in [6.45, 7) is 8.16. The van der Waals surface area contributed by atoms with Gasteiger partial charge in [-0.25, -0.2) is 0 Å². The molecule has 1 spiro atoms. The van der Waals surface area contributed by atoms with E-state index in [9.17, 15) is 34.5 Å². The van der Waals surface area contributed by atoms with E-state index in [2.05, 4.69) is 0 Å². The minimum Gasteiger partial charge on any atom is -0.459 e. The molecule has 0 saturated heterocycles. The highest BCUT2D eigenvalue weighted by Crippen LogP contribution is 2.62. The Morgan fingerprint density at radius 3 is 2.21 bits per heavy atom. The standard InChI is InChI=1S/C24H34O9/c1-11-17(29)9-24(31)21(33-14(4)27)23(8-7-16(28)15(23)10-25)12(2)19(30)20(32-13(3)26)18(11)22(24,5)6/h12,15-16,20-21,25,28,31H,7-10H2,1-6H3/t12-,15-,16+,20-,21+,23+,24-/m1/s1. The van der Waals surface area contributed by atoms with Crippen molar-refractivity contribution in [1.29, 1.82) is 0 Å². The molecular formula is C24H34O9. The molecule has 7 atom stereocenters. The zero-order valence-corrected chi connectivity index (χ0v) is 20.0. The number of Topliss-reactive ketones (excluding diaryl/α,β-unsaturated/α-hetero) is 2. The first-order chi connectivity index (χ1) is 15.2. The van der Waals surface area contributed by atoms with Gasteiger partial charge in [-0.15, -0.1) is 0 Å². The molecule has 2 bridgehead atoms. The van der Waals surface area contributed by atoms with Gasteiger partial charge in [0.2, 0.25) is 0 Å². The molecule has 0 amide bonds. The Kier molecular flexibility index (Phi) is 6.41. The fraction of sp³-hybridized carbons (Fsp3) is 0.750. The van der Waals surface area contributed by atoms with Gasteiger partial charge in [0.05, 0.1) is 6.10 Å². The molecular weight excluding hydrogens is 432 g/mol. The van der Waals surface area contributed by atoms with E-state index in [0.29, 0.717) is 0 Å². The van der Waals surface area contributed by atoms with Gasteiger partial charge in [-0.05, 0) is 30.9 Å². The smallest absolute Gasteiger partial charge is 0.303 e. The fourth-order valence-corrected chi connectivity index (χ4v) is 6.65. The predicted octanol–water partition coefficient (Wildman–Crippen LogP) is 0.865. The molecule has 2 fully saturated rings. The molecule has 0 aromatic rings. The summed E-state index contributed by atoms with van der Waals surface area (Å²) < 4.78 is 11.2. The van der Waals surface area contributed by atoms with Gasteiger partial charge >= 0.3 is 11.9 Å². The normalized spacial score (nSPS) is 40.5. The Hall–Kier alpha value is -2.10. The maximum Gasteiger partial charge on any atom is 0.303 e. The average Bonchev–Trinajstić information content (AvgIpc) is 3.04. The Morgan fingerprint density at radius 1 is 1.12 bits per heavy atom. The maximum atomic E-state index is 13.9. The van der Waals surface area contributed by atoms with Crippen LogP contribution in [0.4, 0.5) is 0 Å². The molecule has 3 rings (SSSR count). The molecule has 0 heterocycles. The lowest BCUT2D eigenvalue weighted by Crippen LogP contribution is -2.70. The average molecular weight is 467 g/mol. The Morgan fingerprint density at radius 2 is 1.70 bits per heavy atom. The predicted molar refractivity (Wildman–Crippen MR) is 115 cm³/mol. The summed E-state index contributed by atoms with van der Waals surface area (Å²) in [5.41, 5.74) is -4.31. The monoisotopic (exact) mass is 466 g/mol. The third kappa shape index (κ3) is 3.47. The molecule has 0 radical (unpaired) electrons. The van der Waals surface area contributed by atoms with E-state index < -0.39 is 83.1 Å². The zero-order valence-electron chi connectivity index (χ0n) is 20.0. The van der Waals surface area contributed by atoms with E-state index in [0.717, 1.165) is 6.92 Å². The Labute approximate surface area is 193 Å². The Bertz CT molecular complexity index is 919. The van der Waals surface area contributed by atoms with Gasteiger partial charge in [-0.1, -0.05) is 20.8 Å². The van der Waals surface area contributed by atoms with Crippen LogP contribution in [0, 0.1) is 22.7 Å². The van der Waals surface area contributed by atoms with Crippen LogP contribution in [0.5, 0.6) is 0 Å². The zero-order chi connectivity index (χ0) is 25.1. The number of aliphatic hydroxyl groups excluding tert-OH is 2. The molecule has 9 heteroatoms. The summed E-state index contributed by atoms with van der Waals surface area (Å²) in [4.78, 5) is 51.3. The number of hydrogen-bond donors (Lipinski definition) is 3. The van der Waals surface area contributed by atoms with E-state index in [1.54, 1.807) is 20.8 Å². The van der Waals surface area contributed by atoms with Crippen LogP contribution in [0.2, 0.25) is 0 Å². The maximum absolute atomic E-state index is 13.9. The van der Waals surface area contributed by atoms with E-state index in [1.165, 1.54) is 13.8 Å². The summed E-state index contributed by atoms with van der Waals surface area (Å²) in [7, 11) is 0. The highest BCUT2D eigenvalue weighted by Gasteiger charge is 2.71. The minimum absolute atomic E-state index is 0.154. The van der Waals surface area contributed by atoms with Crippen LogP contribution in [-0.4, -0.2) is 69.3 Å². The number of fused-ring (bicyclic) bond motifs is 2. The molecule has 184 valence electrons. The van der Waals surface area contributed by atoms with Crippen molar-refractivity contribution in [3.05, 3.63) is 11.1 Å². The number of aliphatic hydroxyl groups is 3. The quantitative estimate of drug-likeness (QED) is 0.515. The van der Waals surface area contributed by atoms with Crippen LogP contribution in [0.15, 0.2) is 11.1 Å². The molecule has 3 aliphatic rings. The van der Waals surface area contributed by atoms with E-state index in [-0.39, 0.29) is 24.0 Å². The number of hydrogen-bond acceptors (Lipinski definition) is 9. The first-order valence-electron chi connectivity index (χ1n) is 11.3. The fourth-order valence-electron chi connectivity index (χ4n) is 6.65. The molecule has 9 nitrogen and oxygen atoms in total. The summed E-state index contributed by atoms with van der Waals surface area (Å²) in [5.74, 6) is -4.35. The lowest BCUT2D eigenvalue weighted by atomic mass is 9.48. The van der Waals surface area contributed by atoms with Crippen molar-refractivity contribution in [1.82, 2.24) is 0 Å². The van der Waals surface area contributed by atoms with Crippen molar-refractivity contribution in [2.24, 2.45) is 22.7 Å². The lowest BCUT2D eigenvalue weighted by molar-refractivity contribution is -0.235. The number of rotatable bonds is 3. The van der Waals surface area contributed by atoms with Crippen molar-refractivity contribution >= 4 is 23.5 Å². The van der Waals surface area contributed by atoms with Gasteiger partial charge in [0.15, 0.2) is 17.7 Å². The van der Waals surface area contributed by atoms with Crippen molar-refractivity contribution < 1.29 is 44.0 Å². The van der Waals surface area contributed by atoms with Crippen LogP contribution >= 0.6 is 0 Å². The number of carbonyl (C=O) groups excluding carboxylic acids is 4. The van der Waals surface area contributed by atoms with Gasteiger partial charge in [0.1, 0.15) is 11.7 Å². The first-order valence-corrected chi connectivity index (χ1v) is 11.3.